The van der Waals surface area contributed by atoms with Crippen molar-refractivity contribution in [2.45, 2.75) is 89.1 Å². The molecule has 0 atom stereocenters. The molecule has 0 heterocycles. The van der Waals surface area contributed by atoms with Gasteiger partial charge in [0, 0.05) is 0 Å². The third-order valence-corrected chi connectivity index (χ3v) is 21.6. The zero-order valence-corrected chi connectivity index (χ0v) is 17.4. The molecule has 20 heavy (non-hydrogen) atoms. The van der Waals surface area contributed by atoms with Gasteiger partial charge in [-0.25, -0.2) is 0 Å². The minimum absolute atomic E-state index is 0.695. The third kappa shape index (κ3) is 4.54. The van der Waals surface area contributed by atoms with Gasteiger partial charge in [-0.3, -0.25) is 4.57 Å². The summed E-state index contributed by atoms with van der Waals surface area (Å²) in [7, 11) is -8.04. The van der Waals surface area contributed by atoms with E-state index >= 15 is 0 Å². The highest BCUT2D eigenvalue weighted by Gasteiger charge is 2.62. The minimum atomic E-state index is -4.08. The van der Waals surface area contributed by atoms with Crippen molar-refractivity contribution < 1.29 is 14.4 Å². The molecule has 0 spiro atoms. The van der Waals surface area contributed by atoms with Crippen LogP contribution >= 0.6 is 7.60 Å². The van der Waals surface area contributed by atoms with Gasteiger partial charge in [-0.1, -0.05) is 78.3 Å². The van der Waals surface area contributed by atoms with Gasteiger partial charge in [0.25, 0.3) is 0 Å². The molecule has 0 aromatic rings. The molecule has 2 N–H and O–H groups in total. The van der Waals surface area contributed by atoms with Crippen molar-refractivity contribution in [3.63, 3.8) is 0 Å². The van der Waals surface area contributed by atoms with E-state index in [1.165, 1.54) is 19.3 Å². The predicted molar refractivity (Wildman–Crippen MR) is 94.8 cm³/mol. The first-order valence-corrected chi connectivity index (χ1v) is 16.5. The monoisotopic (exact) mass is 338 g/mol. The van der Waals surface area contributed by atoms with Crippen LogP contribution in [0.3, 0.4) is 0 Å². The molecule has 0 saturated heterocycles. The van der Waals surface area contributed by atoms with Gasteiger partial charge in [-0.05, 0) is 6.42 Å². The fourth-order valence-electron chi connectivity index (χ4n) is 3.88. The van der Waals surface area contributed by atoms with Gasteiger partial charge in [0.15, 0.2) is 0 Å². The van der Waals surface area contributed by atoms with E-state index in [0.717, 1.165) is 12.8 Å². The Morgan fingerprint density at radius 1 is 0.850 bits per heavy atom. The zero-order valence-electron chi connectivity index (χ0n) is 14.5. The maximum absolute atomic E-state index is 12.4. The number of unbranched alkanes of at least 4 members (excludes halogenated alkanes) is 4. The summed E-state index contributed by atoms with van der Waals surface area (Å²) in [4.78, 5) is 20.4. The molecule has 3 nitrogen and oxygen atoms in total. The van der Waals surface area contributed by atoms with E-state index in [-0.39, 0.29) is 0 Å². The highest BCUT2D eigenvalue weighted by molar-refractivity contribution is 7.61. The van der Waals surface area contributed by atoms with Crippen LogP contribution in [-0.4, -0.2) is 30.3 Å². The van der Waals surface area contributed by atoms with Crippen LogP contribution in [0.4, 0.5) is 0 Å². The van der Waals surface area contributed by atoms with E-state index in [2.05, 4.69) is 46.2 Å². The van der Waals surface area contributed by atoms with Crippen LogP contribution in [0.25, 0.3) is 0 Å². The molecule has 0 rings (SSSR count). The molecule has 0 aromatic carbocycles. The lowest BCUT2D eigenvalue weighted by Crippen LogP contribution is -2.65. The van der Waals surface area contributed by atoms with Crippen molar-refractivity contribution in [1.82, 2.24) is 0 Å². The van der Waals surface area contributed by atoms with Crippen LogP contribution in [0, 0.1) is 0 Å². The lowest BCUT2D eigenvalue weighted by atomic mass is 10.1. The van der Waals surface area contributed by atoms with Crippen molar-refractivity contribution in [3.8, 4) is 0 Å². The van der Waals surface area contributed by atoms with Crippen LogP contribution < -0.4 is 0 Å². The van der Waals surface area contributed by atoms with Crippen molar-refractivity contribution in [1.29, 1.82) is 0 Å². The zero-order chi connectivity index (χ0) is 16.2. The van der Waals surface area contributed by atoms with Crippen molar-refractivity contribution in [2.24, 2.45) is 0 Å². The summed E-state index contributed by atoms with van der Waals surface area (Å²) >= 11 is 0. The summed E-state index contributed by atoms with van der Waals surface area (Å²) < 4.78 is 11.7. The Kier molecular flexibility index (Phi) is 7.44. The average Bonchev–Trinajstić information content (AvgIpc) is 2.17. The SMILES string of the molecule is CCCCCCCC([Si](C)(C)C)([Si](C)(C)C)P(=O)(O)O. The van der Waals surface area contributed by atoms with Crippen molar-refractivity contribution in [3.05, 3.63) is 0 Å². The maximum atomic E-state index is 12.4. The van der Waals surface area contributed by atoms with E-state index in [1.54, 1.807) is 0 Å². The molecule has 0 fully saturated rings. The Balaban J connectivity index is 5.31. The van der Waals surface area contributed by atoms with Crippen LogP contribution in [0.2, 0.25) is 39.3 Å². The fraction of sp³-hybridized carbons (Fsp3) is 1.00. The predicted octanol–water partition coefficient (Wildman–Crippen LogP) is 5.02. The van der Waals surface area contributed by atoms with E-state index in [4.69, 9.17) is 0 Å². The van der Waals surface area contributed by atoms with E-state index in [0.29, 0.717) is 6.42 Å². The topological polar surface area (TPSA) is 57.5 Å². The summed E-state index contributed by atoms with van der Waals surface area (Å²) in [5.41, 5.74) is 0. The number of hydrogen-bond acceptors (Lipinski definition) is 1. The van der Waals surface area contributed by atoms with Gasteiger partial charge in [-0.15, -0.1) is 0 Å². The molecular weight excluding hydrogens is 303 g/mol. The summed E-state index contributed by atoms with van der Waals surface area (Å²) in [5.74, 6) is 0. The second-order valence-electron chi connectivity index (χ2n) is 8.07. The lowest BCUT2D eigenvalue weighted by molar-refractivity contribution is 0.355. The van der Waals surface area contributed by atoms with Gasteiger partial charge in [0.2, 0.25) is 0 Å². The summed E-state index contributed by atoms with van der Waals surface area (Å²) in [6.07, 6.45) is 6.39. The Morgan fingerprint density at radius 2 is 1.25 bits per heavy atom. The Labute approximate surface area is 127 Å². The summed E-state index contributed by atoms with van der Waals surface area (Å²) in [6.45, 7) is 15.0. The first-order chi connectivity index (χ1) is 8.81. The first kappa shape index (κ1) is 20.6. The number of hydrogen-bond donors (Lipinski definition) is 2. The quantitative estimate of drug-likeness (QED) is 0.352. The van der Waals surface area contributed by atoms with E-state index in [9.17, 15) is 14.4 Å². The number of rotatable bonds is 9. The molecule has 0 unspecified atom stereocenters. The molecule has 0 saturated carbocycles. The Morgan fingerprint density at radius 3 is 1.55 bits per heavy atom. The fourth-order valence-corrected chi connectivity index (χ4v) is 22.2. The smallest absolute Gasteiger partial charge is 0.324 e. The Hall–Kier alpha value is 0.584. The average molecular weight is 339 g/mol. The standard InChI is InChI=1S/C14H35O3PSi2/c1-8-9-10-11-12-13-14(18(15,16)17,19(2,3)4)20(5,6)7/h8-13H2,1-7H3,(H2,15,16,17). The second-order valence-corrected chi connectivity index (χ2v) is 22.0. The van der Waals surface area contributed by atoms with Crippen LogP contribution in [0.5, 0.6) is 0 Å². The summed E-state index contributed by atoms with van der Waals surface area (Å²) in [5, 5.41) is 0. The van der Waals surface area contributed by atoms with E-state index in [1.807, 2.05) is 0 Å². The summed E-state index contributed by atoms with van der Waals surface area (Å²) in [6, 6.07) is 0. The molecule has 6 heteroatoms. The molecule has 122 valence electrons. The normalized spacial score (nSPS) is 14.7. The van der Waals surface area contributed by atoms with E-state index < -0.39 is 28.1 Å². The molecule has 0 radical (unpaired) electrons. The highest BCUT2D eigenvalue weighted by Crippen LogP contribution is 2.62. The van der Waals surface area contributed by atoms with Gasteiger partial charge in [0.1, 0.15) is 0 Å². The van der Waals surface area contributed by atoms with Gasteiger partial charge >= 0.3 is 7.60 Å². The highest BCUT2D eigenvalue weighted by atomic mass is 31.2. The maximum Gasteiger partial charge on any atom is 0.326 e. The molecular formula is C14H35O3PSi2. The molecule has 0 aromatic heterocycles. The van der Waals surface area contributed by atoms with Crippen molar-refractivity contribution in [2.75, 3.05) is 0 Å². The van der Waals surface area contributed by atoms with Gasteiger partial charge in [-0.2, -0.15) is 0 Å². The molecule has 0 aliphatic carbocycles. The first-order valence-electron chi connectivity index (χ1n) is 7.87. The van der Waals surface area contributed by atoms with Crippen LogP contribution in [-0.2, 0) is 4.57 Å². The largest absolute Gasteiger partial charge is 0.326 e. The molecule has 0 amide bonds. The van der Waals surface area contributed by atoms with Crippen molar-refractivity contribution >= 4 is 23.7 Å². The lowest BCUT2D eigenvalue weighted by Gasteiger charge is -2.51. The minimum Gasteiger partial charge on any atom is -0.324 e. The third-order valence-electron chi connectivity index (χ3n) is 4.62. The molecule has 0 aliphatic heterocycles. The Bertz CT molecular complexity index is 325. The second kappa shape index (κ2) is 7.23. The molecule has 0 aliphatic rings. The van der Waals surface area contributed by atoms with Crippen LogP contribution in [0.15, 0.2) is 0 Å². The van der Waals surface area contributed by atoms with Crippen LogP contribution in [0.1, 0.15) is 45.4 Å². The van der Waals surface area contributed by atoms with Gasteiger partial charge in [0.05, 0.1) is 20.6 Å². The van der Waals surface area contributed by atoms with Gasteiger partial charge < -0.3 is 9.79 Å². The molecule has 0 bridgehead atoms.